The Bertz CT molecular complexity index is 918. The van der Waals surface area contributed by atoms with Gasteiger partial charge in [-0.2, -0.15) is 0 Å². The van der Waals surface area contributed by atoms with E-state index in [2.05, 4.69) is 34.6 Å². The van der Waals surface area contributed by atoms with Gasteiger partial charge in [-0.1, -0.05) is 259 Å². The molecule has 0 aromatic rings. The van der Waals surface area contributed by atoms with Crippen LogP contribution in [0.2, 0.25) is 0 Å². The zero-order chi connectivity index (χ0) is 44.0. The minimum Gasteiger partial charge on any atom is -0.462 e. The summed E-state index contributed by atoms with van der Waals surface area (Å²) in [7, 11) is 0. The van der Waals surface area contributed by atoms with Crippen LogP contribution in [0.15, 0.2) is 0 Å². The highest BCUT2D eigenvalue weighted by atomic mass is 16.6. The van der Waals surface area contributed by atoms with Gasteiger partial charge in [0.1, 0.15) is 13.2 Å². The molecule has 60 heavy (non-hydrogen) atoms. The maximum absolute atomic E-state index is 12.8. The van der Waals surface area contributed by atoms with Crippen LogP contribution < -0.4 is 0 Å². The molecular weight excluding hydrogens is 745 g/mol. The third-order valence-electron chi connectivity index (χ3n) is 12.6. The Hall–Kier alpha value is -1.59. The molecular formula is C54H104O6. The summed E-state index contributed by atoms with van der Waals surface area (Å²) in [4.78, 5) is 37.9. The lowest BCUT2D eigenvalue weighted by Crippen LogP contribution is -2.30. The van der Waals surface area contributed by atoms with E-state index in [9.17, 15) is 14.4 Å². The van der Waals surface area contributed by atoms with Crippen LogP contribution in [-0.4, -0.2) is 37.2 Å². The molecule has 0 aromatic carbocycles. The zero-order valence-corrected chi connectivity index (χ0v) is 41.1. The molecule has 356 valence electrons. The van der Waals surface area contributed by atoms with Gasteiger partial charge in [0.25, 0.3) is 0 Å². The van der Waals surface area contributed by atoms with Crippen molar-refractivity contribution in [3.8, 4) is 0 Å². The van der Waals surface area contributed by atoms with Gasteiger partial charge >= 0.3 is 17.9 Å². The molecule has 0 heterocycles. The molecule has 0 aliphatic carbocycles. The van der Waals surface area contributed by atoms with Crippen LogP contribution in [0.25, 0.3) is 0 Å². The topological polar surface area (TPSA) is 78.9 Å². The fourth-order valence-corrected chi connectivity index (χ4v) is 8.13. The van der Waals surface area contributed by atoms with Gasteiger partial charge in [0.15, 0.2) is 6.10 Å². The number of ether oxygens (including phenoxy) is 3. The second-order valence-corrected chi connectivity index (χ2v) is 19.2. The molecule has 0 aromatic heterocycles. The predicted octanol–water partition coefficient (Wildman–Crippen LogP) is 17.3. The number of rotatable bonds is 48. The van der Waals surface area contributed by atoms with Crippen LogP contribution in [0.5, 0.6) is 0 Å². The Balaban J connectivity index is 4.23. The number of hydrogen-bond donors (Lipinski definition) is 0. The molecule has 1 unspecified atom stereocenters. The van der Waals surface area contributed by atoms with Crippen molar-refractivity contribution in [1.29, 1.82) is 0 Å². The normalized spacial score (nSPS) is 12.5. The lowest BCUT2D eigenvalue weighted by Gasteiger charge is -2.18. The van der Waals surface area contributed by atoms with Crippen LogP contribution in [0.4, 0.5) is 0 Å². The quantitative estimate of drug-likeness (QED) is 0.0345. The average Bonchev–Trinajstić information content (AvgIpc) is 3.23. The van der Waals surface area contributed by atoms with E-state index < -0.39 is 6.10 Å². The first-order chi connectivity index (χ1) is 29.3. The highest BCUT2D eigenvalue weighted by Crippen LogP contribution is 2.18. The third-order valence-corrected chi connectivity index (χ3v) is 12.6. The van der Waals surface area contributed by atoms with Gasteiger partial charge in [0, 0.05) is 19.3 Å². The fraction of sp³-hybridized carbons (Fsp3) is 0.944. The van der Waals surface area contributed by atoms with Crippen LogP contribution in [0.1, 0.15) is 298 Å². The minimum absolute atomic E-state index is 0.0646. The average molecular weight is 849 g/mol. The van der Waals surface area contributed by atoms with Crippen molar-refractivity contribution >= 4 is 17.9 Å². The van der Waals surface area contributed by atoms with E-state index in [1.807, 2.05) is 0 Å². The Labute approximate surface area is 374 Å². The third kappa shape index (κ3) is 45.9. The molecule has 2 atom stereocenters. The maximum Gasteiger partial charge on any atom is 0.306 e. The summed E-state index contributed by atoms with van der Waals surface area (Å²) in [5.74, 6) is 0.777. The van der Waals surface area contributed by atoms with E-state index in [0.717, 1.165) is 69.6 Å². The summed E-state index contributed by atoms with van der Waals surface area (Å²) in [6.45, 7) is 11.3. The molecule has 0 amide bonds. The van der Waals surface area contributed by atoms with E-state index >= 15 is 0 Å². The summed E-state index contributed by atoms with van der Waals surface area (Å²) in [5, 5.41) is 0. The van der Waals surface area contributed by atoms with Gasteiger partial charge in [-0.05, 0) is 31.1 Å². The monoisotopic (exact) mass is 849 g/mol. The highest BCUT2D eigenvalue weighted by molar-refractivity contribution is 5.71. The second-order valence-electron chi connectivity index (χ2n) is 19.2. The summed E-state index contributed by atoms with van der Waals surface area (Å²) < 4.78 is 16.8. The van der Waals surface area contributed by atoms with Crippen molar-refractivity contribution in [3.63, 3.8) is 0 Å². The van der Waals surface area contributed by atoms with Crippen molar-refractivity contribution in [2.75, 3.05) is 13.2 Å². The fourth-order valence-electron chi connectivity index (χ4n) is 8.13. The van der Waals surface area contributed by atoms with E-state index in [4.69, 9.17) is 14.2 Å². The number of hydrogen-bond acceptors (Lipinski definition) is 6. The molecule has 0 rings (SSSR count). The van der Waals surface area contributed by atoms with Crippen LogP contribution >= 0.6 is 0 Å². The Kier molecular flexibility index (Phi) is 45.7. The molecule has 0 radical (unpaired) electrons. The van der Waals surface area contributed by atoms with E-state index in [1.165, 1.54) is 186 Å². The van der Waals surface area contributed by atoms with Gasteiger partial charge in [0.05, 0.1) is 0 Å². The Morgan fingerprint density at radius 2 is 0.633 bits per heavy atom. The lowest BCUT2D eigenvalue weighted by atomic mass is 10.00. The summed E-state index contributed by atoms with van der Waals surface area (Å²) >= 11 is 0. The first-order valence-electron chi connectivity index (χ1n) is 26.8. The van der Waals surface area contributed by atoms with Crippen molar-refractivity contribution in [2.45, 2.75) is 304 Å². The summed E-state index contributed by atoms with van der Waals surface area (Å²) in [6, 6.07) is 0. The Morgan fingerprint density at radius 3 is 0.950 bits per heavy atom. The maximum atomic E-state index is 12.8. The molecule has 0 bridgehead atoms. The molecule has 0 aliphatic rings. The van der Waals surface area contributed by atoms with Crippen LogP contribution in [-0.2, 0) is 28.6 Å². The largest absolute Gasteiger partial charge is 0.462 e. The van der Waals surface area contributed by atoms with Crippen molar-refractivity contribution in [1.82, 2.24) is 0 Å². The molecule has 6 nitrogen and oxygen atoms in total. The first kappa shape index (κ1) is 58.4. The smallest absolute Gasteiger partial charge is 0.306 e. The molecule has 0 saturated heterocycles. The first-order valence-corrected chi connectivity index (χ1v) is 26.8. The van der Waals surface area contributed by atoms with Crippen molar-refractivity contribution in [2.24, 2.45) is 11.8 Å². The second kappa shape index (κ2) is 46.9. The van der Waals surface area contributed by atoms with Crippen LogP contribution in [0.3, 0.4) is 0 Å². The van der Waals surface area contributed by atoms with Gasteiger partial charge in [-0.3, -0.25) is 14.4 Å². The van der Waals surface area contributed by atoms with Gasteiger partial charge in [0.2, 0.25) is 0 Å². The molecule has 6 heteroatoms. The van der Waals surface area contributed by atoms with E-state index in [1.54, 1.807) is 0 Å². The zero-order valence-electron chi connectivity index (χ0n) is 41.1. The molecule has 0 spiro atoms. The van der Waals surface area contributed by atoms with E-state index in [0.29, 0.717) is 19.3 Å². The van der Waals surface area contributed by atoms with Gasteiger partial charge < -0.3 is 14.2 Å². The lowest BCUT2D eigenvalue weighted by molar-refractivity contribution is -0.167. The number of unbranched alkanes of at least 4 members (excludes halogenated alkanes) is 32. The summed E-state index contributed by atoms with van der Waals surface area (Å²) in [5.41, 5.74) is 0. The predicted molar refractivity (Wildman–Crippen MR) is 256 cm³/mol. The molecule has 0 N–H and O–H groups in total. The number of carbonyl (C=O) groups is 3. The standard InChI is InChI=1S/C54H104O6/c1-6-8-9-10-11-12-13-14-15-16-17-18-19-20-21-25-28-34-39-44-52(55)58-47-51(60-54(57)46-41-36-31-30-33-38-43-50(5)7-2)48-59-53(56)45-40-35-29-26-23-22-24-27-32-37-42-49(3)4/h49-51H,6-48H2,1-5H3/t50?,51-/m1/s1. The van der Waals surface area contributed by atoms with Crippen molar-refractivity contribution < 1.29 is 28.6 Å². The summed E-state index contributed by atoms with van der Waals surface area (Å²) in [6.07, 6.45) is 48.1. The molecule has 0 fully saturated rings. The van der Waals surface area contributed by atoms with E-state index in [-0.39, 0.29) is 31.1 Å². The SMILES string of the molecule is CCCCCCCCCCCCCCCCCCCCCC(=O)OC[C@H](COC(=O)CCCCCCCCCCCCC(C)C)OC(=O)CCCCCCCCC(C)CC. The van der Waals surface area contributed by atoms with Crippen molar-refractivity contribution in [3.05, 3.63) is 0 Å². The highest BCUT2D eigenvalue weighted by Gasteiger charge is 2.19. The van der Waals surface area contributed by atoms with Gasteiger partial charge in [-0.25, -0.2) is 0 Å². The molecule has 0 saturated carbocycles. The number of carbonyl (C=O) groups excluding carboxylic acids is 3. The minimum atomic E-state index is -0.763. The number of esters is 3. The Morgan fingerprint density at radius 1 is 0.350 bits per heavy atom. The van der Waals surface area contributed by atoms with Gasteiger partial charge in [-0.15, -0.1) is 0 Å². The van der Waals surface area contributed by atoms with Crippen LogP contribution in [0, 0.1) is 11.8 Å². The molecule has 0 aliphatic heterocycles.